The number of H-pyrrole nitrogens is 2. The quantitative estimate of drug-likeness (QED) is 0.642. The third kappa shape index (κ3) is 2.72. The highest BCUT2D eigenvalue weighted by molar-refractivity contribution is 7.71. The number of piperidine rings is 1. The van der Waals surface area contributed by atoms with E-state index in [0.29, 0.717) is 22.8 Å². The van der Waals surface area contributed by atoms with Crippen LogP contribution in [0.3, 0.4) is 0 Å². The van der Waals surface area contributed by atoms with Crippen LogP contribution in [0.15, 0.2) is 41.3 Å². The molecule has 24 heavy (non-hydrogen) atoms. The Kier molecular flexibility index (Phi) is 4.08. The molecule has 3 N–H and O–H groups in total. The molecule has 124 valence electrons. The Hall–Kier alpha value is -2.18. The second kappa shape index (κ2) is 6.37. The lowest BCUT2D eigenvalue weighted by atomic mass is 9.87. The van der Waals surface area contributed by atoms with Crippen molar-refractivity contribution in [1.82, 2.24) is 19.9 Å². The number of nitrogens with one attached hydrogen (secondary N) is 3. The summed E-state index contributed by atoms with van der Waals surface area (Å²) < 4.78 is 2.47. The van der Waals surface area contributed by atoms with Crippen LogP contribution in [-0.4, -0.2) is 27.6 Å². The molecule has 0 aliphatic carbocycles. The maximum atomic E-state index is 12.0. The Labute approximate surface area is 144 Å². The third-order valence-electron chi connectivity index (χ3n) is 4.87. The largest absolute Gasteiger partial charge is 0.355 e. The molecule has 0 unspecified atom stereocenters. The number of hydrogen-bond donors (Lipinski definition) is 3. The second-order valence-corrected chi connectivity index (χ2v) is 6.69. The zero-order chi connectivity index (χ0) is 16.5. The van der Waals surface area contributed by atoms with E-state index in [9.17, 15) is 4.79 Å². The van der Waals surface area contributed by atoms with Crippen LogP contribution < -0.4 is 10.9 Å². The van der Waals surface area contributed by atoms with Crippen LogP contribution in [0.4, 0.5) is 0 Å². The van der Waals surface area contributed by atoms with Gasteiger partial charge in [-0.2, -0.15) is 0 Å². The van der Waals surface area contributed by atoms with Gasteiger partial charge in [0.15, 0.2) is 4.77 Å². The summed E-state index contributed by atoms with van der Waals surface area (Å²) in [6.45, 7) is 2.81. The molecule has 0 radical (unpaired) electrons. The maximum Gasteiger partial charge on any atom is 0.276 e. The minimum absolute atomic E-state index is 0.164. The van der Waals surface area contributed by atoms with Crippen molar-refractivity contribution < 1.29 is 0 Å². The van der Waals surface area contributed by atoms with E-state index in [1.165, 1.54) is 11.1 Å². The molecule has 1 fully saturated rings. The molecule has 0 bridgehead atoms. The molecular formula is C18H20N4OS. The fourth-order valence-electron chi connectivity index (χ4n) is 3.64. The summed E-state index contributed by atoms with van der Waals surface area (Å²) in [5, 5.41) is 3.42. The highest BCUT2D eigenvalue weighted by Crippen LogP contribution is 2.28. The molecule has 3 heterocycles. The Morgan fingerprint density at radius 2 is 1.96 bits per heavy atom. The normalized spacial score (nSPS) is 15.8. The lowest BCUT2D eigenvalue weighted by molar-refractivity contribution is 0.457. The van der Waals surface area contributed by atoms with E-state index in [1.54, 1.807) is 6.20 Å². The van der Waals surface area contributed by atoms with Crippen LogP contribution in [0.1, 0.15) is 29.9 Å². The van der Waals surface area contributed by atoms with Gasteiger partial charge in [0, 0.05) is 6.20 Å². The molecule has 0 saturated carbocycles. The topological polar surface area (TPSA) is 65.6 Å². The van der Waals surface area contributed by atoms with Gasteiger partial charge in [0.25, 0.3) is 5.56 Å². The molecular weight excluding hydrogens is 320 g/mol. The Morgan fingerprint density at radius 3 is 2.79 bits per heavy atom. The summed E-state index contributed by atoms with van der Waals surface area (Å²) in [5.74, 6) is 0.584. The first kappa shape index (κ1) is 15.4. The molecule has 0 amide bonds. The number of nitrogens with zero attached hydrogens (tertiary/aromatic N) is 1. The van der Waals surface area contributed by atoms with Crippen LogP contribution in [0.25, 0.3) is 11.0 Å². The highest BCUT2D eigenvalue weighted by Gasteiger charge is 2.18. The molecule has 6 heteroatoms. The molecule has 1 aromatic carbocycles. The Balaban J connectivity index is 1.78. The van der Waals surface area contributed by atoms with E-state index < -0.39 is 0 Å². The number of benzene rings is 1. The first-order valence-corrected chi connectivity index (χ1v) is 8.73. The van der Waals surface area contributed by atoms with E-state index in [0.717, 1.165) is 31.4 Å². The summed E-state index contributed by atoms with van der Waals surface area (Å²) in [6.07, 6.45) is 4.10. The lowest BCUT2D eigenvalue weighted by Crippen LogP contribution is -2.27. The molecule has 4 rings (SSSR count). The van der Waals surface area contributed by atoms with Crippen molar-refractivity contribution in [3.05, 3.63) is 62.8 Å². The van der Waals surface area contributed by atoms with E-state index in [-0.39, 0.29) is 5.56 Å². The van der Waals surface area contributed by atoms with Gasteiger partial charge < -0.3 is 14.9 Å². The van der Waals surface area contributed by atoms with Gasteiger partial charge in [-0.05, 0) is 61.3 Å². The average molecular weight is 340 g/mol. The van der Waals surface area contributed by atoms with Crippen LogP contribution in [-0.2, 0) is 6.54 Å². The zero-order valence-electron chi connectivity index (χ0n) is 13.3. The summed E-state index contributed by atoms with van der Waals surface area (Å²) in [4.78, 5) is 17.8. The van der Waals surface area contributed by atoms with E-state index in [2.05, 4.69) is 39.6 Å². The number of hydrogen-bond acceptors (Lipinski definition) is 3. The van der Waals surface area contributed by atoms with Crippen molar-refractivity contribution in [3.63, 3.8) is 0 Å². The number of aromatic nitrogens is 3. The molecule has 1 saturated heterocycles. The second-order valence-electron chi connectivity index (χ2n) is 6.31. The van der Waals surface area contributed by atoms with Gasteiger partial charge >= 0.3 is 0 Å². The fraction of sp³-hybridized carbons (Fsp3) is 0.333. The zero-order valence-corrected chi connectivity index (χ0v) is 14.2. The SMILES string of the molecule is O=c1[nH]c(=S)n(Cc2ccccc2C2CCNCC2)c2cc[nH]c12. The van der Waals surface area contributed by atoms with Gasteiger partial charge in [0.2, 0.25) is 0 Å². The van der Waals surface area contributed by atoms with Crippen molar-refractivity contribution in [2.24, 2.45) is 0 Å². The van der Waals surface area contributed by atoms with Gasteiger partial charge in [-0.1, -0.05) is 24.3 Å². The van der Waals surface area contributed by atoms with E-state index in [4.69, 9.17) is 12.2 Å². The van der Waals surface area contributed by atoms with Gasteiger partial charge in [-0.25, -0.2) is 0 Å². The summed E-state index contributed by atoms with van der Waals surface area (Å²) in [7, 11) is 0. The van der Waals surface area contributed by atoms with Crippen molar-refractivity contribution >= 4 is 23.3 Å². The van der Waals surface area contributed by atoms with Crippen LogP contribution in [0, 0.1) is 4.77 Å². The predicted octanol–water partition coefficient (Wildman–Crippen LogP) is 2.90. The summed E-state index contributed by atoms with van der Waals surface area (Å²) in [5.41, 5.74) is 3.93. The van der Waals surface area contributed by atoms with Gasteiger partial charge in [0.05, 0.1) is 12.1 Å². The smallest absolute Gasteiger partial charge is 0.276 e. The van der Waals surface area contributed by atoms with Gasteiger partial charge in [-0.3, -0.25) is 9.78 Å². The first-order chi connectivity index (χ1) is 11.7. The van der Waals surface area contributed by atoms with Crippen LogP contribution in [0.2, 0.25) is 0 Å². The van der Waals surface area contributed by atoms with E-state index >= 15 is 0 Å². The Morgan fingerprint density at radius 1 is 1.17 bits per heavy atom. The molecule has 1 aliphatic rings. The van der Waals surface area contributed by atoms with Gasteiger partial charge in [-0.15, -0.1) is 0 Å². The standard InChI is InChI=1S/C18H20N4OS/c23-17-16-15(7-10-20-16)22(18(24)21-17)11-13-3-1-2-4-14(13)12-5-8-19-9-6-12/h1-4,7,10,12,19-20H,5-6,8-9,11H2,(H,21,23,24). The number of fused-ring (bicyclic) bond motifs is 1. The van der Waals surface area contributed by atoms with Crippen molar-refractivity contribution in [2.75, 3.05) is 13.1 Å². The number of rotatable bonds is 3. The minimum atomic E-state index is -0.164. The minimum Gasteiger partial charge on any atom is -0.355 e. The summed E-state index contributed by atoms with van der Waals surface area (Å²) in [6, 6.07) is 10.5. The molecule has 0 spiro atoms. The maximum absolute atomic E-state index is 12.0. The molecule has 1 aliphatic heterocycles. The number of aromatic amines is 2. The van der Waals surface area contributed by atoms with Crippen LogP contribution >= 0.6 is 12.2 Å². The van der Waals surface area contributed by atoms with Gasteiger partial charge in [0.1, 0.15) is 5.52 Å². The van der Waals surface area contributed by atoms with E-state index in [1.807, 2.05) is 10.6 Å². The Bertz CT molecular complexity index is 978. The van der Waals surface area contributed by atoms with Crippen LogP contribution in [0.5, 0.6) is 0 Å². The third-order valence-corrected chi connectivity index (χ3v) is 5.19. The lowest BCUT2D eigenvalue weighted by Gasteiger charge is -2.25. The average Bonchev–Trinajstić information content (AvgIpc) is 3.10. The monoisotopic (exact) mass is 340 g/mol. The van der Waals surface area contributed by atoms with Crippen molar-refractivity contribution in [3.8, 4) is 0 Å². The molecule has 2 aromatic heterocycles. The predicted molar refractivity (Wildman–Crippen MR) is 98.1 cm³/mol. The molecule has 3 aromatic rings. The molecule has 5 nitrogen and oxygen atoms in total. The van der Waals surface area contributed by atoms with Crippen molar-refractivity contribution in [2.45, 2.75) is 25.3 Å². The summed E-state index contributed by atoms with van der Waals surface area (Å²) >= 11 is 5.42. The molecule has 0 atom stereocenters. The fourth-order valence-corrected chi connectivity index (χ4v) is 3.90. The highest BCUT2D eigenvalue weighted by atomic mass is 32.1. The van der Waals surface area contributed by atoms with Crippen molar-refractivity contribution in [1.29, 1.82) is 0 Å². The first-order valence-electron chi connectivity index (χ1n) is 8.33.